The topological polar surface area (TPSA) is 37.3 Å². The molecule has 6 heteroatoms. The van der Waals surface area contributed by atoms with Gasteiger partial charge in [-0.2, -0.15) is 13.2 Å². The highest BCUT2D eigenvalue weighted by atomic mass is 19.4. The average molecular weight is 348 g/mol. The third-order valence-corrected chi connectivity index (χ3v) is 3.87. The third-order valence-electron chi connectivity index (χ3n) is 3.87. The van der Waals surface area contributed by atoms with Gasteiger partial charge in [-0.05, 0) is 64.3 Å². The number of carbonyl (C=O) groups is 1. The molecule has 0 bridgehead atoms. The number of benzene rings is 2. The maximum absolute atomic E-state index is 13.5. The van der Waals surface area contributed by atoms with Crippen molar-refractivity contribution in [3.05, 3.63) is 76.6 Å². The summed E-state index contributed by atoms with van der Waals surface area (Å²) >= 11 is 0. The summed E-state index contributed by atoms with van der Waals surface area (Å²) in [7, 11) is 0. The molecule has 0 atom stereocenters. The summed E-state index contributed by atoms with van der Waals surface area (Å²) in [6.07, 6.45) is -1.40. The van der Waals surface area contributed by atoms with E-state index in [9.17, 15) is 22.4 Å². The molecule has 1 N–H and O–H groups in total. The Bertz CT molecular complexity index is 891. The number of rotatable bonds is 3. The molecular weight excluding hydrogens is 336 g/mol. The van der Waals surface area contributed by atoms with Gasteiger partial charge in [-0.3, -0.25) is 4.79 Å². The number of fused-ring (bicyclic) bond motifs is 1. The molecule has 0 saturated heterocycles. The molecule has 0 saturated carbocycles. The lowest BCUT2D eigenvalue weighted by molar-refractivity contribution is -0.138. The first kappa shape index (κ1) is 17.0. The van der Waals surface area contributed by atoms with Crippen molar-refractivity contribution < 1.29 is 27.5 Å². The molecule has 128 valence electrons. The molecule has 0 unspecified atom stereocenters. The maximum Gasteiger partial charge on any atom is 0.416 e. The van der Waals surface area contributed by atoms with Gasteiger partial charge in [-0.25, -0.2) is 4.39 Å². The predicted octanol–water partition coefficient (Wildman–Crippen LogP) is 5.26. The normalized spacial score (nSPS) is 15.2. The molecule has 2 aromatic rings. The first-order valence-corrected chi connectivity index (χ1v) is 7.35. The van der Waals surface area contributed by atoms with Gasteiger partial charge in [0, 0.05) is 0 Å². The zero-order valence-electron chi connectivity index (χ0n) is 12.8. The highest BCUT2D eigenvalue weighted by molar-refractivity contribution is 6.04. The number of aliphatic carboxylic acids is 1. The Labute approximate surface area is 140 Å². The largest absolute Gasteiger partial charge is 0.481 e. The van der Waals surface area contributed by atoms with Crippen LogP contribution in [0.2, 0.25) is 0 Å². The number of halogens is 4. The molecule has 2 aromatic carbocycles. The number of carboxylic acids is 1. The summed E-state index contributed by atoms with van der Waals surface area (Å²) < 4.78 is 51.3. The van der Waals surface area contributed by atoms with Crippen LogP contribution in [0.15, 0.2) is 48.5 Å². The van der Waals surface area contributed by atoms with E-state index in [1.165, 1.54) is 30.3 Å². The fraction of sp³-hybridized carbons (Fsp3) is 0.105. The van der Waals surface area contributed by atoms with Crippen LogP contribution in [0.1, 0.15) is 28.7 Å². The molecule has 0 radical (unpaired) electrons. The molecule has 0 spiro atoms. The summed E-state index contributed by atoms with van der Waals surface area (Å²) in [5.74, 6) is -1.52. The van der Waals surface area contributed by atoms with Crippen molar-refractivity contribution in [3.8, 4) is 0 Å². The van der Waals surface area contributed by atoms with Crippen molar-refractivity contribution in [1.29, 1.82) is 0 Å². The molecule has 0 aliphatic heterocycles. The number of alkyl halides is 3. The van der Waals surface area contributed by atoms with E-state index in [4.69, 9.17) is 5.11 Å². The molecule has 2 nitrogen and oxygen atoms in total. The Morgan fingerprint density at radius 1 is 1.04 bits per heavy atom. The lowest BCUT2D eigenvalue weighted by Gasteiger charge is -2.07. The monoisotopic (exact) mass is 348 g/mol. The van der Waals surface area contributed by atoms with Gasteiger partial charge in [-0.15, -0.1) is 0 Å². The van der Waals surface area contributed by atoms with Crippen molar-refractivity contribution in [2.45, 2.75) is 12.6 Å². The summed E-state index contributed by atoms with van der Waals surface area (Å²) in [5.41, 5.74) is 2.01. The van der Waals surface area contributed by atoms with Gasteiger partial charge in [0.2, 0.25) is 0 Å². The average Bonchev–Trinajstić information content (AvgIpc) is 2.83. The van der Waals surface area contributed by atoms with E-state index >= 15 is 0 Å². The second-order valence-corrected chi connectivity index (χ2v) is 5.65. The molecule has 0 fully saturated rings. The zero-order chi connectivity index (χ0) is 18.2. The summed E-state index contributed by atoms with van der Waals surface area (Å²) in [6.45, 7) is 0. The standard InChI is InChI=1S/C19H12F4O2/c20-15-5-6-16-12(8-13(9-18(24)25)17(16)10-15)7-11-1-3-14(4-2-11)19(21,22)23/h1-8,10H,9H2,(H,24,25)/b12-7+. The lowest BCUT2D eigenvalue weighted by atomic mass is 10.0. The van der Waals surface area contributed by atoms with Crippen LogP contribution in [0.5, 0.6) is 0 Å². The van der Waals surface area contributed by atoms with Gasteiger partial charge in [0.05, 0.1) is 12.0 Å². The Hall–Kier alpha value is -2.89. The minimum absolute atomic E-state index is 0.263. The van der Waals surface area contributed by atoms with Crippen molar-refractivity contribution in [2.75, 3.05) is 0 Å². The minimum Gasteiger partial charge on any atom is -0.481 e. The van der Waals surface area contributed by atoms with Crippen molar-refractivity contribution in [2.24, 2.45) is 0 Å². The van der Waals surface area contributed by atoms with Gasteiger partial charge in [0.1, 0.15) is 5.82 Å². The molecule has 1 aliphatic carbocycles. The van der Waals surface area contributed by atoms with Crippen LogP contribution in [-0.4, -0.2) is 11.1 Å². The van der Waals surface area contributed by atoms with E-state index in [-0.39, 0.29) is 6.42 Å². The van der Waals surface area contributed by atoms with E-state index in [2.05, 4.69) is 0 Å². The Kier molecular flexibility index (Phi) is 4.20. The van der Waals surface area contributed by atoms with Crippen LogP contribution in [0.3, 0.4) is 0 Å². The first-order valence-electron chi connectivity index (χ1n) is 7.35. The van der Waals surface area contributed by atoms with E-state index in [1.54, 1.807) is 12.2 Å². The molecule has 0 heterocycles. The van der Waals surface area contributed by atoms with Gasteiger partial charge in [0.15, 0.2) is 0 Å². The summed E-state index contributed by atoms with van der Waals surface area (Å²) in [5, 5.41) is 8.99. The van der Waals surface area contributed by atoms with Crippen LogP contribution >= 0.6 is 0 Å². The van der Waals surface area contributed by atoms with Gasteiger partial charge >= 0.3 is 12.1 Å². The van der Waals surface area contributed by atoms with E-state index in [1.807, 2.05) is 0 Å². The van der Waals surface area contributed by atoms with Gasteiger partial charge in [-0.1, -0.05) is 18.2 Å². The van der Waals surface area contributed by atoms with E-state index < -0.39 is 23.5 Å². The van der Waals surface area contributed by atoms with Crippen LogP contribution in [0.25, 0.3) is 17.2 Å². The number of carboxylic acid groups (broad SMARTS) is 1. The summed E-state index contributed by atoms with van der Waals surface area (Å²) in [4.78, 5) is 11.0. The molecule has 0 amide bonds. The Balaban J connectivity index is 2.00. The van der Waals surface area contributed by atoms with Crippen molar-refractivity contribution in [1.82, 2.24) is 0 Å². The van der Waals surface area contributed by atoms with Crippen LogP contribution in [0, 0.1) is 5.82 Å². The van der Waals surface area contributed by atoms with Crippen LogP contribution in [-0.2, 0) is 11.0 Å². The molecular formula is C19H12F4O2. The third kappa shape index (κ3) is 3.63. The highest BCUT2D eigenvalue weighted by Gasteiger charge is 2.30. The molecule has 1 aliphatic rings. The maximum atomic E-state index is 13.5. The quantitative estimate of drug-likeness (QED) is 0.769. The van der Waals surface area contributed by atoms with Gasteiger partial charge in [0.25, 0.3) is 0 Å². The second-order valence-electron chi connectivity index (χ2n) is 5.65. The number of allylic oxidation sites excluding steroid dienone is 2. The second kappa shape index (κ2) is 6.20. The fourth-order valence-electron chi connectivity index (χ4n) is 2.75. The van der Waals surface area contributed by atoms with E-state index in [0.29, 0.717) is 27.8 Å². The molecule has 3 rings (SSSR count). The fourth-order valence-corrected chi connectivity index (χ4v) is 2.75. The van der Waals surface area contributed by atoms with Crippen molar-refractivity contribution in [3.63, 3.8) is 0 Å². The SMILES string of the molecule is O=C(O)CC1=C/C(=C\c2ccc(C(F)(F)F)cc2)c2ccc(F)cc21. The highest BCUT2D eigenvalue weighted by Crippen LogP contribution is 2.38. The van der Waals surface area contributed by atoms with Crippen molar-refractivity contribution >= 4 is 23.2 Å². The Morgan fingerprint density at radius 3 is 2.32 bits per heavy atom. The zero-order valence-corrected chi connectivity index (χ0v) is 12.8. The predicted molar refractivity (Wildman–Crippen MR) is 85.9 cm³/mol. The van der Waals surface area contributed by atoms with Crippen LogP contribution < -0.4 is 0 Å². The minimum atomic E-state index is -4.41. The number of hydrogen-bond donors (Lipinski definition) is 1. The van der Waals surface area contributed by atoms with E-state index in [0.717, 1.165) is 12.1 Å². The van der Waals surface area contributed by atoms with Crippen LogP contribution in [0.4, 0.5) is 17.6 Å². The summed E-state index contributed by atoms with van der Waals surface area (Å²) in [6, 6.07) is 8.69. The first-order chi connectivity index (χ1) is 11.7. The smallest absolute Gasteiger partial charge is 0.416 e. The molecule has 25 heavy (non-hydrogen) atoms. The molecule has 0 aromatic heterocycles. The number of hydrogen-bond acceptors (Lipinski definition) is 1. The Morgan fingerprint density at radius 2 is 1.72 bits per heavy atom. The van der Waals surface area contributed by atoms with Gasteiger partial charge < -0.3 is 5.11 Å². The lowest BCUT2D eigenvalue weighted by Crippen LogP contribution is -2.03.